The van der Waals surface area contributed by atoms with Crippen LogP contribution in [0.3, 0.4) is 0 Å². The van der Waals surface area contributed by atoms with Crippen LogP contribution in [0, 0.1) is 0 Å². The Hall–Kier alpha value is -1.17. The van der Waals surface area contributed by atoms with E-state index in [0.717, 1.165) is 12.8 Å². The fraction of sp³-hybridized carbons (Fsp3) is 0.929. The van der Waals surface area contributed by atoms with Crippen molar-refractivity contribution in [2.45, 2.75) is 76.0 Å². The van der Waals surface area contributed by atoms with E-state index < -0.39 is 0 Å². The molecule has 1 aliphatic carbocycles. The summed E-state index contributed by atoms with van der Waals surface area (Å²) < 4.78 is 9.04. The second kappa shape index (κ2) is 5.68. The van der Waals surface area contributed by atoms with Crippen molar-refractivity contribution in [2.75, 3.05) is 0 Å². The number of ether oxygens (including phenoxy) is 1. The number of tetrazole rings is 1. The average molecular weight is 280 g/mol. The molecule has 1 aromatic heterocycles. The van der Waals surface area contributed by atoms with Gasteiger partial charge in [0.05, 0.1) is 18.2 Å². The molecule has 2 fully saturated rings. The first-order valence-electron chi connectivity index (χ1n) is 7.83. The van der Waals surface area contributed by atoms with E-state index in [9.17, 15) is 4.79 Å². The quantitative estimate of drug-likeness (QED) is 0.826. The predicted molar refractivity (Wildman–Crippen MR) is 74.4 cm³/mol. The summed E-state index contributed by atoms with van der Waals surface area (Å²) in [6, 6.07) is 0. The zero-order valence-corrected chi connectivity index (χ0v) is 12.3. The molecule has 2 aliphatic rings. The fourth-order valence-corrected chi connectivity index (χ4v) is 3.60. The smallest absolute Gasteiger partial charge is 0.363 e. The SMILES string of the molecule is Cn1nnn(CC2CCC3(CCCCCCC3)O2)c1=O. The Kier molecular flexibility index (Phi) is 3.92. The van der Waals surface area contributed by atoms with Crippen molar-refractivity contribution >= 4 is 0 Å². The molecule has 1 spiro atoms. The Labute approximate surface area is 119 Å². The Morgan fingerprint density at radius 1 is 1.15 bits per heavy atom. The lowest BCUT2D eigenvalue weighted by Crippen LogP contribution is -2.33. The number of aryl methyl sites for hydroxylation is 1. The molecule has 0 aromatic carbocycles. The van der Waals surface area contributed by atoms with Gasteiger partial charge in [0.2, 0.25) is 0 Å². The van der Waals surface area contributed by atoms with E-state index in [1.54, 1.807) is 7.05 Å². The van der Waals surface area contributed by atoms with E-state index >= 15 is 0 Å². The van der Waals surface area contributed by atoms with E-state index in [4.69, 9.17) is 4.74 Å². The number of hydrogen-bond donors (Lipinski definition) is 0. The maximum Gasteiger partial charge on any atom is 0.363 e. The van der Waals surface area contributed by atoms with E-state index in [1.807, 2.05) is 0 Å². The summed E-state index contributed by atoms with van der Waals surface area (Å²) in [5.74, 6) is 0. The number of rotatable bonds is 2. The second-order valence-electron chi connectivity index (χ2n) is 6.30. The normalized spacial score (nSPS) is 26.6. The van der Waals surface area contributed by atoms with Crippen molar-refractivity contribution in [2.24, 2.45) is 7.05 Å². The van der Waals surface area contributed by atoms with Crippen LogP contribution < -0.4 is 5.69 Å². The Morgan fingerprint density at radius 2 is 1.85 bits per heavy atom. The minimum Gasteiger partial charge on any atom is -0.370 e. The third-order valence-electron chi connectivity index (χ3n) is 4.76. The molecule has 1 aromatic rings. The van der Waals surface area contributed by atoms with Gasteiger partial charge in [-0.15, -0.1) is 0 Å². The van der Waals surface area contributed by atoms with Crippen LogP contribution in [0.15, 0.2) is 4.79 Å². The van der Waals surface area contributed by atoms with Gasteiger partial charge in [-0.2, -0.15) is 9.36 Å². The van der Waals surface area contributed by atoms with Crippen molar-refractivity contribution in [1.82, 2.24) is 19.8 Å². The molecule has 6 heteroatoms. The third-order valence-corrected chi connectivity index (χ3v) is 4.76. The molecule has 6 nitrogen and oxygen atoms in total. The Balaban J connectivity index is 1.63. The maximum atomic E-state index is 11.8. The summed E-state index contributed by atoms with van der Waals surface area (Å²) in [5.41, 5.74) is -0.0797. The minimum absolute atomic E-state index is 0.0803. The molecule has 1 aliphatic heterocycles. The molecule has 3 rings (SSSR count). The van der Waals surface area contributed by atoms with Crippen LogP contribution in [-0.2, 0) is 18.3 Å². The van der Waals surface area contributed by atoms with Crippen molar-refractivity contribution in [3.8, 4) is 0 Å². The highest BCUT2D eigenvalue weighted by Crippen LogP contribution is 2.40. The van der Waals surface area contributed by atoms with Crippen LogP contribution in [0.4, 0.5) is 0 Å². The molecule has 20 heavy (non-hydrogen) atoms. The molecule has 0 radical (unpaired) electrons. The van der Waals surface area contributed by atoms with Gasteiger partial charge >= 0.3 is 5.69 Å². The zero-order valence-electron chi connectivity index (χ0n) is 12.3. The zero-order chi connectivity index (χ0) is 14.0. The van der Waals surface area contributed by atoms with Gasteiger partial charge in [0.1, 0.15) is 0 Å². The maximum absolute atomic E-state index is 11.8. The lowest BCUT2D eigenvalue weighted by atomic mass is 9.85. The van der Waals surface area contributed by atoms with Crippen LogP contribution in [-0.4, -0.2) is 31.5 Å². The van der Waals surface area contributed by atoms with Crippen molar-refractivity contribution in [3.63, 3.8) is 0 Å². The summed E-state index contributed by atoms with van der Waals surface area (Å²) in [7, 11) is 1.62. The van der Waals surface area contributed by atoms with Gasteiger partial charge < -0.3 is 4.74 Å². The highest BCUT2D eigenvalue weighted by atomic mass is 16.5. The van der Waals surface area contributed by atoms with E-state index in [-0.39, 0.29) is 17.4 Å². The van der Waals surface area contributed by atoms with Crippen LogP contribution in [0.2, 0.25) is 0 Å². The van der Waals surface area contributed by atoms with E-state index in [0.29, 0.717) is 6.54 Å². The minimum atomic E-state index is -0.160. The molecule has 1 unspecified atom stereocenters. The van der Waals surface area contributed by atoms with Crippen LogP contribution in [0.25, 0.3) is 0 Å². The van der Waals surface area contributed by atoms with Gasteiger partial charge in [-0.3, -0.25) is 0 Å². The van der Waals surface area contributed by atoms with Gasteiger partial charge in [0.25, 0.3) is 0 Å². The number of hydrogen-bond acceptors (Lipinski definition) is 4. The number of nitrogens with zero attached hydrogens (tertiary/aromatic N) is 4. The molecule has 0 amide bonds. The molecule has 1 saturated carbocycles. The van der Waals surface area contributed by atoms with Gasteiger partial charge in [0.15, 0.2) is 0 Å². The molecular weight excluding hydrogens is 256 g/mol. The monoisotopic (exact) mass is 280 g/mol. The first kappa shape index (κ1) is 13.8. The average Bonchev–Trinajstić information content (AvgIpc) is 2.95. The first-order valence-corrected chi connectivity index (χ1v) is 7.83. The summed E-state index contributed by atoms with van der Waals surface area (Å²) in [6.07, 6.45) is 11.2. The molecule has 0 bridgehead atoms. The highest BCUT2D eigenvalue weighted by Gasteiger charge is 2.39. The Bertz CT molecular complexity index is 500. The Morgan fingerprint density at radius 3 is 2.50 bits per heavy atom. The molecule has 1 saturated heterocycles. The van der Waals surface area contributed by atoms with Crippen molar-refractivity contribution in [1.29, 1.82) is 0 Å². The second-order valence-corrected chi connectivity index (χ2v) is 6.30. The topological polar surface area (TPSA) is 61.9 Å². The highest BCUT2D eigenvalue weighted by molar-refractivity contribution is 4.89. The van der Waals surface area contributed by atoms with Gasteiger partial charge in [0, 0.05) is 7.05 Å². The molecular formula is C14H24N4O2. The first-order chi connectivity index (χ1) is 9.69. The summed E-state index contributed by atoms with van der Waals surface area (Å²) in [6.45, 7) is 0.536. The van der Waals surface area contributed by atoms with Crippen molar-refractivity contribution in [3.05, 3.63) is 10.5 Å². The fourth-order valence-electron chi connectivity index (χ4n) is 3.60. The number of aromatic nitrogens is 4. The molecule has 0 N–H and O–H groups in total. The van der Waals surface area contributed by atoms with E-state index in [1.165, 1.54) is 54.3 Å². The lowest BCUT2D eigenvalue weighted by molar-refractivity contribution is -0.0630. The molecule has 2 heterocycles. The summed E-state index contributed by atoms with van der Waals surface area (Å²) >= 11 is 0. The third kappa shape index (κ3) is 2.80. The van der Waals surface area contributed by atoms with Crippen LogP contribution in [0.1, 0.15) is 57.8 Å². The van der Waals surface area contributed by atoms with Gasteiger partial charge in [-0.1, -0.05) is 32.1 Å². The summed E-state index contributed by atoms with van der Waals surface area (Å²) in [5, 5.41) is 7.63. The van der Waals surface area contributed by atoms with Crippen LogP contribution in [0.5, 0.6) is 0 Å². The standard InChI is InChI=1S/C14H24N4O2/c1-17-13(19)18(16-15-17)11-12-7-10-14(20-12)8-5-3-2-4-6-9-14/h12H,2-11H2,1H3. The molecule has 112 valence electrons. The van der Waals surface area contributed by atoms with Gasteiger partial charge in [-0.05, 0) is 36.1 Å². The lowest BCUT2D eigenvalue weighted by Gasteiger charge is -2.31. The van der Waals surface area contributed by atoms with E-state index in [2.05, 4.69) is 10.4 Å². The predicted octanol–water partition coefficient (Wildman–Crippen LogP) is 1.64. The molecule has 1 atom stereocenters. The van der Waals surface area contributed by atoms with Crippen molar-refractivity contribution < 1.29 is 4.74 Å². The van der Waals surface area contributed by atoms with Crippen LogP contribution >= 0.6 is 0 Å². The van der Waals surface area contributed by atoms with Gasteiger partial charge in [-0.25, -0.2) is 4.79 Å². The largest absolute Gasteiger partial charge is 0.370 e. The summed E-state index contributed by atoms with van der Waals surface area (Å²) in [4.78, 5) is 11.8.